The lowest BCUT2D eigenvalue weighted by molar-refractivity contribution is 0.301. The molecule has 0 aliphatic heterocycles. The summed E-state index contributed by atoms with van der Waals surface area (Å²) < 4.78 is 6.33. The van der Waals surface area contributed by atoms with E-state index in [1.54, 1.807) is 18.3 Å². The molecule has 0 radical (unpaired) electrons. The third kappa shape index (κ3) is 3.83. The standard InChI is InChI=1S/C13H11BrCl2N2O/c14-10-3-12(16)13(4-11(10)15)19-7-9-2-1-8(5-17)6-18-9/h1-4,6H,5,7,17H2. The van der Waals surface area contributed by atoms with Crippen molar-refractivity contribution in [1.29, 1.82) is 0 Å². The molecule has 6 heteroatoms. The zero-order chi connectivity index (χ0) is 13.8. The minimum Gasteiger partial charge on any atom is -0.486 e. The van der Waals surface area contributed by atoms with Gasteiger partial charge in [0.1, 0.15) is 12.4 Å². The van der Waals surface area contributed by atoms with Crippen LogP contribution >= 0.6 is 39.1 Å². The molecule has 0 aliphatic rings. The van der Waals surface area contributed by atoms with Crippen molar-refractivity contribution in [3.05, 3.63) is 56.2 Å². The van der Waals surface area contributed by atoms with Gasteiger partial charge in [0, 0.05) is 23.3 Å². The number of hydrogen-bond acceptors (Lipinski definition) is 3. The van der Waals surface area contributed by atoms with Gasteiger partial charge in [-0.2, -0.15) is 0 Å². The fourth-order valence-corrected chi connectivity index (χ4v) is 2.27. The van der Waals surface area contributed by atoms with E-state index in [1.807, 2.05) is 12.1 Å². The third-order valence-corrected chi connectivity index (χ3v) is 3.96. The molecule has 3 nitrogen and oxygen atoms in total. The number of pyridine rings is 1. The highest BCUT2D eigenvalue weighted by molar-refractivity contribution is 9.10. The lowest BCUT2D eigenvalue weighted by Crippen LogP contribution is -2.01. The third-order valence-electron chi connectivity index (χ3n) is 2.47. The maximum atomic E-state index is 6.06. The van der Waals surface area contributed by atoms with E-state index in [-0.39, 0.29) is 0 Å². The molecule has 19 heavy (non-hydrogen) atoms. The molecule has 0 amide bonds. The summed E-state index contributed by atoms with van der Waals surface area (Å²) in [6.45, 7) is 0.796. The smallest absolute Gasteiger partial charge is 0.140 e. The van der Waals surface area contributed by atoms with Crippen molar-refractivity contribution in [3.8, 4) is 5.75 Å². The quantitative estimate of drug-likeness (QED) is 0.830. The average Bonchev–Trinajstić information content (AvgIpc) is 2.42. The highest BCUT2D eigenvalue weighted by atomic mass is 79.9. The molecule has 0 atom stereocenters. The van der Waals surface area contributed by atoms with Crippen molar-refractivity contribution in [2.75, 3.05) is 0 Å². The van der Waals surface area contributed by atoms with E-state index in [0.29, 0.717) is 28.9 Å². The highest BCUT2D eigenvalue weighted by Gasteiger charge is 2.07. The molecule has 0 aliphatic carbocycles. The van der Waals surface area contributed by atoms with Crippen LogP contribution in [0.4, 0.5) is 0 Å². The molecule has 1 aromatic heterocycles. The number of hydrogen-bond donors (Lipinski definition) is 1. The summed E-state index contributed by atoms with van der Waals surface area (Å²) in [5.74, 6) is 0.527. The van der Waals surface area contributed by atoms with Gasteiger partial charge in [0.15, 0.2) is 0 Å². The first-order valence-corrected chi connectivity index (χ1v) is 7.06. The average molecular weight is 362 g/mol. The van der Waals surface area contributed by atoms with E-state index in [9.17, 15) is 0 Å². The van der Waals surface area contributed by atoms with Gasteiger partial charge < -0.3 is 10.5 Å². The molecule has 2 aromatic rings. The molecular formula is C13H11BrCl2N2O. The first-order chi connectivity index (χ1) is 9.10. The fraction of sp³-hybridized carbons (Fsp3) is 0.154. The summed E-state index contributed by atoms with van der Waals surface area (Å²) in [6, 6.07) is 7.16. The number of halogens is 3. The van der Waals surface area contributed by atoms with E-state index in [4.69, 9.17) is 33.7 Å². The summed E-state index contributed by atoms with van der Waals surface area (Å²) in [4.78, 5) is 4.24. The molecular weight excluding hydrogens is 351 g/mol. The SMILES string of the molecule is NCc1ccc(COc2cc(Cl)c(Br)cc2Cl)nc1. The monoisotopic (exact) mass is 360 g/mol. The zero-order valence-corrected chi connectivity index (χ0v) is 13.0. The number of ether oxygens (including phenoxy) is 1. The van der Waals surface area contributed by atoms with Crippen LogP contribution in [0.5, 0.6) is 5.75 Å². The number of aromatic nitrogens is 1. The van der Waals surface area contributed by atoms with E-state index >= 15 is 0 Å². The van der Waals surface area contributed by atoms with Gasteiger partial charge in [-0.05, 0) is 33.6 Å². The van der Waals surface area contributed by atoms with Crippen LogP contribution in [0.15, 0.2) is 34.9 Å². The van der Waals surface area contributed by atoms with Crippen LogP contribution in [-0.4, -0.2) is 4.98 Å². The Bertz CT molecular complexity index is 576. The molecule has 1 aromatic carbocycles. The van der Waals surface area contributed by atoms with Crippen molar-refractivity contribution in [1.82, 2.24) is 4.98 Å². The Balaban J connectivity index is 2.07. The molecule has 0 spiro atoms. The maximum Gasteiger partial charge on any atom is 0.140 e. The second-order valence-corrected chi connectivity index (χ2v) is 5.52. The van der Waals surface area contributed by atoms with Crippen molar-refractivity contribution in [3.63, 3.8) is 0 Å². The molecule has 2 N–H and O–H groups in total. The lowest BCUT2D eigenvalue weighted by Gasteiger charge is -2.09. The van der Waals surface area contributed by atoms with Crippen molar-refractivity contribution in [2.24, 2.45) is 5.73 Å². The number of benzene rings is 1. The Hall–Kier alpha value is -0.810. The van der Waals surface area contributed by atoms with Crippen LogP contribution in [0, 0.1) is 0 Å². The Kier molecular flexibility index (Phi) is 5.05. The molecule has 0 fully saturated rings. The first kappa shape index (κ1) is 14.6. The fourth-order valence-electron chi connectivity index (χ4n) is 1.43. The minimum atomic E-state index is 0.322. The number of nitrogens with zero attached hydrogens (tertiary/aromatic N) is 1. The van der Waals surface area contributed by atoms with Crippen molar-refractivity contribution in [2.45, 2.75) is 13.2 Å². The molecule has 0 unspecified atom stereocenters. The summed E-state index contributed by atoms with van der Waals surface area (Å²) in [7, 11) is 0. The molecule has 2 rings (SSSR count). The second kappa shape index (κ2) is 6.57. The van der Waals surface area contributed by atoms with E-state index in [0.717, 1.165) is 15.7 Å². The predicted octanol–water partition coefficient (Wildman–Crippen LogP) is 4.19. The van der Waals surface area contributed by atoms with Crippen molar-refractivity contribution >= 4 is 39.1 Å². The van der Waals surface area contributed by atoms with Crippen LogP contribution < -0.4 is 10.5 Å². The summed E-state index contributed by atoms with van der Waals surface area (Å²) in [5, 5.41) is 1.04. The first-order valence-electron chi connectivity index (χ1n) is 5.51. The van der Waals surface area contributed by atoms with E-state index in [2.05, 4.69) is 20.9 Å². The summed E-state index contributed by atoms with van der Waals surface area (Å²) >= 11 is 15.4. The van der Waals surface area contributed by atoms with Crippen LogP contribution in [0.25, 0.3) is 0 Å². The summed E-state index contributed by atoms with van der Waals surface area (Å²) in [5.41, 5.74) is 7.29. The van der Waals surface area contributed by atoms with Gasteiger partial charge in [0.05, 0.1) is 15.7 Å². The Morgan fingerprint density at radius 2 is 2.00 bits per heavy atom. The highest BCUT2D eigenvalue weighted by Crippen LogP contribution is 2.34. The van der Waals surface area contributed by atoms with E-state index in [1.165, 1.54) is 0 Å². The Labute approximate surface area is 129 Å². The Morgan fingerprint density at radius 3 is 2.63 bits per heavy atom. The van der Waals surface area contributed by atoms with E-state index < -0.39 is 0 Å². The van der Waals surface area contributed by atoms with Gasteiger partial charge in [-0.1, -0.05) is 29.3 Å². The summed E-state index contributed by atoms with van der Waals surface area (Å²) in [6.07, 6.45) is 1.73. The molecule has 0 saturated heterocycles. The van der Waals surface area contributed by atoms with Crippen molar-refractivity contribution < 1.29 is 4.74 Å². The number of nitrogens with two attached hydrogens (primary N) is 1. The minimum absolute atomic E-state index is 0.322. The zero-order valence-electron chi connectivity index (χ0n) is 9.87. The molecule has 0 bridgehead atoms. The second-order valence-electron chi connectivity index (χ2n) is 3.85. The van der Waals surface area contributed by atoms with Gasteiger partial charge in [-0.25, -0.2) is 0 Å². The normalized spacial score (nSPS) is 10.5. The van der Waals surface area contributed by atoms with Gasteiger partial charge in [0.25, 0.3) is 0 Å². The van der Waals surface area contributed by atoms with Crippen LogP contribution in [0.2, 0.25) is 10.0 Å². The topological polar surface area (TPSA) is 48.1 Å². The van der Waals surface area contributed by atoms with Gasteiger partial charge in [-0.3, -0.25) is 4.98 Å². The molecule has 1 heterocycles. The molecule has 0 saturated carbocycles. The maximum absolute atomic E-state index is 6.06. The van der Waals surface area contributed by atoms with Gasteiger partial charge in [-0.15, -0.1) is 0 Å². The largest absolute Gasteiger partial charge is 0.486 e. The van der Waals surface area contributed by atoms with Gasteiger partial charge in [0.2, 0.25) is 0 Å². The molecule has 100 valence electrons. The Morgan fingerprint density at radius 1 is 1.21 bits per heavy atom. The predicted molar refractivity (Wildman–Crippen MR) is 80.6 cm³/mol. The lowest BCUT2D eigenvalue weighted by atomic mass is 10.2. The van der Waals surface area contributed by atoms with Gasteiger partial charge >= 0.3 is 0 Å². The van der Waals surface area contributed by atoms with Crippen LogP contribution in [0.1, 0.15) is 11.3 Å². The number of rotatable bonds is 4. The van der Waals surface area contributed by atoms with Crippen LogP contribution in [0.3, 0.4) is 0 Å². The van der Waals surface area contributed by atoms with Crippen LogP contribution in [-0.2, 0) is 13.2 Å².